The van der Waals surface area contributed by atoms with Crippen LogP contribution in [0, 0.1) is 0 Å². The van der Waals surface area contributed by atoms with Crippen LogP contribution in [0.5, 0.6) is 0 Å². The van der Waals surface area contributed by atoms with Crippen molar-refractivity contribution >= 4 is 17.5 Å². The second-order valence-corrected chi connectivity index (χ2v) is 4.67. The Morgan fingerprint density at radius 3 is 2.92 bits per heavy atom. The maximum Gasteiger partial charge on any atom is 0.169 e. The van der Waals surface area contributed by atoms with Crippen LogP contribution in [0.15, 0.2) is 23.8 Å². The summed E-state index contributed by atoms with van der Waals surface area (Å²) in [5.74, 6) is 0.921. The van der Waals surface area contributed by atoms with Crippen molar-refractivity contribution in [3.05, 3.63) is 23.8 Å². The third kappa shape index (κ3) is 2.86. The number of Topliss-reactive ketones (excluding diaryl/α,β-unsaturated/α-hetero) is 1. The Morgan fingerprint density at radius 1 is 1.67 bits per heavy atom. The van der Waals surface area contributed by atoms with Gasteiger partial charge in [-0.2, -0.15) is 11.8 Å². The number of hydrogen-bond donors (Lipinski definition) is 0. The number of carbonyl (C=O) groups excluding carboxylic acids is 1. The van der Waals surface area contributed by atoms with Gasteiger partial charge in [0.15, 0.2) is 5.78 Å². The highest BCUT2D eigenvalue weighted by Crippen LogP contribution is 2.16. The molecule has 0 amide bonds. The molecule has 1 rings (SSSR count). The smallest absolute Gasteiger partial charge is 0.169 e. The molecule has 1 aliphatic carbocycles. The molecule has 0 aromatic heterocycles. The van der Waals surface area contributed by atoms with Crippen molar-refractivity contribution in [3.63, 3.8) is 0 Å². The van der Waals surface area contributed by atoms with Crippen LogP contribution < -0.4 is 0 Å². The number of ketones is 1. The molecule has 0 aromatic carbocycles. The van der Waals surface area contributed by atoms with Gasteiger partial charge in [-0.15, -0.1) is 0 Å². The zero-order valence-electron chi connectivity index (χ0n) is 7.54. The van der Waals surface area contributed by atoms with Gasteiger partial charge in [0.25, 0.3) is 0 Å². The molecule has 0 fully saturated rings. The van der Waals surface area contributed by atoms with E-state index in [0.29, 0.717) is 16.8 Å². The van der Waals surface area contributed by atoms with E-state index in [0.717, 1.165) is 12.0 Å². The van der Waals surface area contributed by atoms with Crippen LogP contribution in [0.3, 0.4) is 0 Å². The second-order valence-electron chi connectivity index (χ2n) is 3.11. The van der Waals surface area contributed by atoms with Gasteiger partial charge in [0.05, 0.1) is 5.75 Å². The lowest BCUT2D eigenvalue weighted by atomic mass is 10.2. The fraction of sp³-hybridized carbons (Fsp3) is 0.500. The van der Waals surface area contributed by atoms with Gasteiger partial charge in [0.1, 0.15) is 0 Å². The van der Waals surface area contributed by atoms with Crippen LogP contribution in [-0.4, -0.2) is 16.8 Å². The maximum absolute atomic E-state index is 11.4. The van der Waals surface area contributed by atoms with Crippen molar-refractivity contribution in [1.29, 1.82) is 0 Å². The topological polar surface area (TPSA) is 17.1 Å². The Bertz CT molecular complexity index is 226. The maximum atomic E-state index is 11.4. The summed E-state index contributed by atoms with van der Waals surface area (Å²) in [6.45, 7) is 4.22. The van der Waals surface area contributed by atoms with E-state index in [9.17, 15) is 4.79 Å². The van der Waals surface area contributed by atoms with Gasteiger partial charge in [-0.3, -0.25) is 4.79 Å². The van der Waals surface area contributed by atoms with Crippen molar-refractivity contribution in [3.8, 4) is 0 Å². The highest BCUT2D eigenvalue weighted by atomic mass is 32.2. The third-order valence-electron chi connectivity index (χ3n) is 1.68. The van der Waals surface area contributed by atoms with Crippen LogP contribution >= 0.6 is 11.8 Å². The summed E-state index contributed by atoms with van der Waals surface area (Å²) in [4.78, 5) is 11.4. The molecule has 12 heavy (non-hydrogen) atoms. The summed E-state index contributed by atoms with van der Waals surface area (Å²) in [7, 11) is 0. The Kier molecular flexibility index (Phi) is 3.60. The normalized spacial score (nSPS) is 15.4. The monoisotopic (exact) mass is 182 g/mol. The summed E-state index contributed by atoms with van der Waals surface area (Å²) in [6, 6.07) is 0. The summed E-state index contributed by atoms with van der Waals surface area (Å²) in [6.07, 6.45) is 6.72. The van der Waals surface area contributed by atoms with Gasteiger partial charge in [-0.05, 0) is 17.2 Å². The van der Waals surface area contributed by atoms with Crippen molar-refractivity contribution in [2.75, 3.05) is 5.75 Å². The van der Waals surface area contributed by atoms with Crippen LogP contribution in [0.25, 0.3) is 0 Å². The SMILES string of the molecule is CC(C)SCC(=O)C1=CC=CC1. The van der Waals surface area contributed by atoms with Gasteiger partial charge >= 0.3 is 0 Å². The first-order valence-electron chi connectivity index (χ1n) is 4.20. The lowest BCUT2D eigenvalue weighted by Gasteiger charge is -2.03. The fourth-order valence-corrected chi connectivity index (χ4v) is 1.66. The molecule has 0 aliphatic heterocycles. The van der Waals surface area contributed by atoms with Gasteiger partial charge in [0.2, 0.25) is 0 Å². The highest BCUT2D eigenvalue weighted by molar-refractivity contribution is 8.00. The molecular formula is C10H14OS. The van der Waals surface area contributed by atoms with E-state index >= 15 is 0 Å². The Labute approximate surface area is 77.9 Å². The zero-order valence-corrected chi connectivity index (χ0v) is 8.36. The van der Waals surface area contributed by atoms with E-state index in [2.05, 4.69) is 13.8 Å². The summed E-state index contributed by atoms with van der Waals surface area (Å²) in [5.41, 5.74) is 0.961. The average molecular weight is 182 g/mol. The predicted molar refractivity (Wildman–Crippen MR) is 54.4 cm³/mol. The molecule has 0 atom stereocenters. The third-order valence-corrected chi connectivity index (χ3v) is 2.77. The van der Waals surface area contributed by atoms with Crippen molar-refractivity contribution in [2.45, 2.75) is 25.5 Å². The standard InChI is InChI=1S/C10H14OS/c1-8(2)12-7-10(11)9-5-3-4-6-9/h3-5,8H,6-7H2,1-2H3. The minimum Gasteiger partial charge on any atom is -0.294 e. The molecule has 1 aliphatic rings. The number of carbonyl (C=O) groups is 1. The van der Waals surface area contributed by atoms with E-state index in [1.807, 2.05) is 18.2 Å². The predicted octanol–water partition coefficient (Wildman–Crippen LogP) is 2.58. The number of rotatable bonds is 4. The molecule has 0 saturated carbocycles. The molecule has 0 aromatic rings. The van der Waals surface area contributed by atoms with Gasteiger partial charge in [0, 0.05) is 0 Å². The van der Waals surface area contributed by atoms with Crippen LogP contribution in [0.4, 0.5) is 0 Å². The highest BCUT2D eigenvalue weighted by Gasteiger charge is 2.10. The lowest BCUT2D eigenvalue weighted by molar-refractivity contribution is -0.113. The molecule has 0 bridgehead atoms. The van der Waals surface area contributed by atoms with Gasteiger partial charge in [-0.1, -0.05) is 32.1 Å². The molecule has 0 heterocycles. The van der Waals surface area contributed by atoms with E-state index in [-0.39, 0.29) is 0 Å². The summed E-state index contributed by atoms with van der Waals surface area (Å²) >= 11 is 1.71. The Morgan fingerprint density at radius 2 is 2.42 bits per heavy atom. The molecule has 66 valence electrons. The average Bonchev–Trinajstić information content (AvgIpc) is 2.51. The van der Waals surface area contributed by atoms with Crippen LogP contribution in [-0.2, 0) is 4.79 Å². The number of thioether (sulfide) groups is 1. The summed E-state index contributed by atoms with van der Waals surface area (Å²) < 4.78 is 0. The molecule has 0 spiro atoms. The first-order chi connectivity index (χ1) is 5.70. The quantitative estimate of drug-likeness (QED) is 0.664. The second kappa shape index (κ2) is 4.51. The molecule has 0 saturated heterocycles. The molecule has 2 heteroatoms. The molecule has 0 N–H and O–H groups in total. The lowest BCUT2D eigenvalue weighted by Crippen LogP contribution is -2.06. The van der Waals surface area contributed by atoms with Gasteiger partial charge < -0.3 is 0 Å². The van der Waals surface area contributed by atoms with E-state index < -0.39 is 0 Å². The Balaban J connectivity index is 2.29. The van der Waals surface area contributed by atoms with Crippen LogP contribution in [0.2, 0.25) is 0 Å². The molecule has 0 unspecified atom stereocenters. The molecule has 0 radical (unpaired) electrons. The van der Waals surface area contributed by atoms with E-state index in [1.165, 1.54) is 0 Å². The van der Waals surface area contributed by atoms with Crippen molar-refractivity contribution < 1.29 is 4.79 Å². The van der Waals surface area contributed by atoms with E-state index in [4.69, 9.17) is 0 Å². The number of hydrogen-bond acceptors (Lipinski definition) is 2. The molecule has 1 nitrogen and oxygen atoms in total. The minimum atomic E-state index is 0.290. The molecular weight excluding hydrogens is 168 g/mol. The first kappa shape index (κ1) is 9.59. The van der Waals surface area contributed by atoms with Crippen molar-refractivity contribution in [2.24, 2.45) is 0 Å². The largest absolute Gasteiger partial charge is 0.294 e. The Hall–Kier alpha value is -0.500. The fourth-order valence-electron chi connectivity index (χ4n) is 0.989. The van der Waals surface area contributed by atoms with Crippen LogP contribution in [0.1, 0.15) is 20.3 Å². The van der Waals surface area contributed by atoms with E-state index in [1.54, 1.807) is 11.8 Å². The zero-order chi connectivity index (χ0) is 8.97. The van der Waals surface area contributed by atoms with Crippen molar-refractivity contribution in [1.82, 2.24) is 0 Å². The minimum absolute atomic E-state index is 0.290. The number of allylic oxidation sites excluding steroid dienone is 4. The summed E-state index contributed by atoms with van der Waals surface area (Å²) in [5, 5.41) is 0.545. The van der Waals surface area contributed by atoms with Gasteiger partial charge in [-0.25, -0.2) is 0 Å². The first-order valence-corrected chi connectivity index (χ1v) is 5.25.